The molecule has 46 heavy (non-hydrogen) atoms. The molecule has 270 valence electrons. The van der Waals surface area contributed by atoms with Gasteiger partial charge in [-0.05, 0) is 76.7 Å². The molecule has 1 rings (SSSR count). The number of quaternary nitrogens is 1. The number of aliphatic hydroxyl groups excluding tert-OH is 1. The number of hydrogen-bond acceptors (Lipinski definition) is 4. The highest BCUT2D eigenvalue weighted by Crippen LogP contribution is 2.25. The van der Waals surface area contributed by atoms with Gasteiger partial charge in [-0.3, -0.25) is 0 Å². The van der Waals surface area contributed by atoms with Crippen molar-refractivity contribution in [2.75, 3.05) is 33.9 Å². The van der Waals surface area contributed by atoms with Gasteiger partial charge in [0.05, 0.1) is 20.7 Å². The third-order valence-electron chi connectivity index (χ3n) is 8.43. The summed E-state index contributed by atoms with van der Waals surface area (Å²) in [6, 6.07) is 10.1. The topological polar surface area (TPSA) is 47.9 Å². The average molecular weight is 697 g/mol. The summed E-state index contributed by atoms with van der Waals surface area (Å²) in [6.07, 6.45) is 21.3. The third-order valence-corrected chi connectivity index (χ3v) is 18.0. The maximum Gasteiger partial charge on any atom is 0.314 e. The molecule has 0 spiro atoms. The van der Waals surface area contributed by atoms with Crippen molar-refractivity contribution in [3.8, 4) is 0 Å². The monoisotopic (exact) mass is 697 g/mol. The second kappa shape index (κ2) is 23.1. The SMILES string of the molecule is CCCCCCCCCCCCCCCCc1ccc(C[N+](C)(C)CC(O)COCCC[Si](C)(O[Si](C)(C)C)O[Si](C)(C)C)cc1. The van der Waals surface area contributed by atoms with E-state index < -0.39 is 31.3 Å². The summed E-state index contributed by atoms with van der Waals surface area (Å²) in [5.74, 6) is 0. The molecule has 0 saturated carbocycles. The zero-order valence-corrected chi connectivity index (χ0v) is 35.4. The van der Waals surface area contributed by atoms with Crippen LogP contribution in [0, 0.1) is 0 Å². The van der Waals surface area contributed by atoms with E-state index in [0.29, 0.717) is 19.8 Å². The zero-order valence-electron chi connectivity index (χ0n) is 32.4. The van der Waals surface area contributed by atoms with Crippen LogP contribution in [0.5, 0.6) is 0 Å². The van der Waals surface area contributed by atoms with Gasteiger partial charge in [-0.2, -0.15) is 0 Å². The Labute approximate surface area is 290 Å². The van der Waals surface area contributed by atoms with Gasteiger partial charge in [0.25, 0.3) is 0 Å². The van der Waals surface area contributed by atoms with E-state index in [1.807, 2.05) is 0 Å². The molecule has 1 aromatic carbocycles. The lowest BCUT2D eigenvalue weighted by Gasteiger charge is -2.38. The fourth-order valence-corrected chi connectivity index (χ4v) is 19.2. The molecular weight excluding hydrogens is 619 g/mol. The van der Waals surface area contributed by atoms with Gasteiger partial charge >= 0.3 is 8.56 Å². The number of aliphatic hydroxyl groups is 1. The normalized spacial score (nSPS) is 13.8. The van der Waals surface area contributed by atoms with Crippen LogP contribution in [0.2, 0.25) is 51.9 Å². The van der Waals surface area contributed by atoms with Crippen LogP contribution in [0.15, 0.2) is 24.3 Å². The first-order valence-electron chi connectivity index (χ1n) is 19.1. The molecule has 1 aromatic rings. The summed E-state index contributed by atoms with van der Waals surface area (Å²) >= 11 is 0. The van der Waals surface area contributed by atoms with Gasteiger partial charge in [0, 0.05) is 12.2 Å². The second-order valence-electron chi connectivity index (χ2n) is 16.8. The van der Waals surface area contributed by atoms with Crippen LogP contribution in [0.4, 0.5) is 0 Å². The van der Waals surface area contributed by atoms with Crippen molar-refractivity contribution < 1.29 is 22.6 Å². The lowest BCUT2D eigenvalue weighted by Crippen LogP contribution is -2.52. The molecule has 1 atom stereocenters. The number of likely N-dealkylation sites (N-methyl/N-ethyl adjacent to an activating group) is 1. The van der Waals surface area contributed by atoms with Crippen molar-refractivity contribution in [2.24, 2.45) is 0 Å². The highest BCUT2D eigenvalue weighted by Gasteiger charge is 2.39. The lowest BCUT2D eigenvalue weighted by molar-refractivity contribution is -0.906. The number of aryl methyl sites for hydroxylation is 1. The molecule has 0 fully saturated rings. The van der Waals surface area contributed by atoms with Gasteiger partial charge in [0.1, 0.15) is 19.2 Å². The van der Waals surface area contributed by atoms with Crippen LogP contribution in [0.3, 0.4) is 0 Å². The van der Waals surface area contributed by atoms with E-state index in [1.54, 1.807) is 0 Å². The molecule has 5 nitrogen and oxygen atoms in total. The van der Waals surface area contributed by atoms with Crippen molar-refractivity contribution >= 4 is 25.2 Å². The van der Waals surface area contributed by atoms with Crippen LogP contribution in [0.25, 0.3) is 0 Å². The summed E-state index contributed by atoms with van der Waals surface area (Å²) in [5.41, 5.74) is 2.78. The van der Waals surface area contributed by atoms with Crippen LogP contribution < -0.4 is 0 Å². The number of benzene rings is 1. The van der Waals surface area contributed by atoms with E-state index in [9.17, 15) is 5.11 Å². The van der Waals surface area contributed by atoms with Gasteiger partial charge in [0.2, 0.25) is 0 Å². The summed E-state index contributed by atoms with van der Waals surface area (Å²) < 4.78 is 19.9. The second-order valence-corrected chi connectivity index (χ2v) is 29.7. The summed E-state index contributed by atoms with van der Waals surface area (Å²) in [7, 11) is -1.20. The molecule has 0 bridgehead atoms. The summed E-state index contributed by atoms with van der Waals surface area (Å²) in [4.78, 5) is 0. The van der Waals surface area contributed by atoms with Gasteiger partial charge in [-0.1, -0.05) is 115 Å². The number of rotatable bonds is 29. The maximum absolute atomic E-state index is 10.8. The Morgan fingerprint density at radius 2 is 1.07 bits per heavy atom. The van der Waals surface area contributed by atoms with Crippen molar-refractivity contribution in [1.82, 2.24) is 0 Å². The number of nitrogens with zero attached hydrogens (tertiary/aromatic N) is 1. The van der Waals surface area contributed by atoms with Crippen LogP contribution in [-0.2, 0) is 25.9 Å². The number of ether oxygens (including phenoxy) is 1. The van der Waals surface area contributed by atoms with Gasteiger partial charge in [0.15, 0.2) is 16.6 Å². The summed E-state index contributed by atoms with van der Waals surface area (Å²) in [6.45, 7) is 20.6. The zero-order chi connectivity index (χ0) is 34.5. The molecule has 0 aliphatic rings. The Morgan fingerprint density at radius 3 is 1.52 bits per heavy atom. The standard InChI is InChI=1S/C38H78NO4Si3/c1-11-12-13-14-15-16-17-18-19-20-21-22-23-24-26-36-27-29-37(30-28-36)33-39(2,3)34-38(40)35-41-31-25-32-46(10,42-44(4,5)6)43-45(7,8)9/h27-30,38,40H,11-26,31-35H2,1-10H3/q+1. The van der Waals surface area contributed by atoms with E-state index in [-0.39, 0.29) is 0 Å². The predicted molar refractivity (Wildman–Crippen MR) is 208 cm³/mol. The molecule has 0 saturated heterocycles. The van der Waals surface area contributed by atoms with Crippen LogP contribution in [0.1, 0.15) is 114 Å². The molecule has 0 aliphatic carbocycles. The van der Waals surface area contributed by atoms with E-state index in [2.05, 4.69) is 91.1 Å². The first-order chi connectivity index (χ1) is 21.5. The van der Waals surface area contributed by atoms with Crippen LogP contribution >= 0.6 is 0 Å². The molecule has 0 aromatic heterocycles. The third kappa shape index (κ3) is 24.8. The van der Waals surface area contributed by atoms with E-state index >= 15 is 0 Å². The molecule has 0 heterocycles. The van der Waals surface area contributed by atoms with Crippen molar-refractivity contribution in [3.05, 3.63) is 35.4 Å². The Morgan fingerprint density at radius 1 is 0.630 bits per heavy atom. The lowest BCUT2D eigenvalue weighted by atomic mass is 10.0. The number of hydrogen-bond donors (Lipinski definition) is 1. The smallest absolute Gasteiger partial charge is 0.314 e. The van der Waals surface area contributed by atoms with E-state index in [1.165, 1.54) is 107 Å². The Hall–Kier alpha value is -0.329. The molecular formula is C38H78NO4Si3+. The molecule has 0 radical (unpaired) electrons. The minimum Gasteiger partial charge on any atom is -0.437 e. The predicted octanol–water partition coefficient (Wildman–Crippen LogP) is 10.8. The largest absolute Gasteiger partial charge is 0.437 e. The molecule has 1 N–H and O–H groups in total. The quantitative estimate of drug-likeness (QED) is 0.0514. The van der Waals surface area contributed by atoms with Gasteiger partial charge < -0.3 is 22.6 Å². The van der Waals surface area contributed by atoms with E-state index in [4.69, 9.17) is 13.0 Å². The average Bonchev–Trinajstić information content (AvgIpc) is 2.91. The van der Waals surface area contributed by atoms with Crippen molar-refractivity contribution in [1.29, 1.82) is 0 Å². The van der Waals surface area contributed by atoms with Gasteiger partial charge in [-0.15, -0.1) is 0 Å². The van der Waals surface area contributed by atoms with Gasteiger partial charge in [-0.25, -0.2) is 0 Å². The first kappa shape index (κ1) is 43.7. The first-order valence-corrected chi connectivity index (χ1v) is 28.4. The highest BCUT2D eigenvalue weighted by atomic mass is 28.5. The van der Waals surface area contributed by atoms with Crippen molar-refractivity contribution in [2.45, 2.75) is 174 Å². The minimum absolute atomic E-state index is 0.377. The van der Waals surface area contributed by atoms with Crippen molar-refractivity contribution in [3.63, 3.8) is 0 Å². The maximum atomic E-state index is 10.8. The molecule has 8 heteroatoms. The molecule has 1 unspecified atom stereocenters. The minimum atomic E-state index is -2.23. The molecule has 0 aliphatic heterocycles. The number of unbranched alkanes of at least 4 members (excludes halogenated alkanes) is 13. The summed E-state index contributed by atoms with van der Waals surface area (Å²) in [5, 5.41) is 10.8. The fourth-order valence-electron chi connectivity index (χ4n) is 6.65. The van der Waals surface area contributed by atoms with Crippen LogP contribution in [-0.4, -0.2) is 74.7 Å². The molecule has 0 amide bonds. The fraction of sp³-hybridized carbons (Fsp3) is 0.842. The van der Waals surface area contributed by atoms with E-state index in [0.717, 1.165) is 23.5 Å². The Kier molecular flexibility index (Phi) is 22.0. The highest BCUT2D eigenvalue weighted by molar-refractivity contribution is 6.87. The Bertz CT molecular complexity index is 867. The Balaban J connectivity index is 2.22.